The second-order valence-corrected chi connectivity index (χ2v) is 6.77. The van der Waals surface area contributed by atoms with Crippen LogP contribution in [0.1, 0.15) is 37.2 Å². The molecule has 2 atom stereocenters. The van der Waals surface area contributed by atoms with Crippen molar-refractivity contribution in [1.82, 2.24) is 15.1 Å². The summed E-state index contributed by atoms with van der Waals surface area (Å²) >= 11 is 1.72. The highest BCUT2D eigenvalue weighted by Crippen LogP contribution is 2.30. The minimum absolute atomic E-state index is 0.0201. The van der Waals surface area contributed by atoms with Gasteiger partial charge >= 0.3 is 0 Å². The van der Waals surface area contributed by atoms with Crippen molar-refractivity contribution >= 4 is 17.2 Å². The molecule has 4 nitrogen and oxygen atoms in total. The first-order valence-corrected chi connectivity index (χ1v) is 8.39. The Kier molecular flexibility index (Phi) is 4.10. The van der Waals surface area contributed by atoms with Crippen molar-refractivity contribution < 1.29 is 4.79 Å². The van der Waals surface area contributed by atoms with Gasteiger partial charge in [0.2, 0.25) is 5.91 Å². The zero-order chi connectivity index (χ0) is 14.1. The Labute approximate surface area is 124 Å². The highest BCUT2D eigenvalue weighted by atomic mass is 32.1. The molecule has 110 valence electrons. The van der Waals surface area contributed by atoms with Crippen LogP contribution in [0, 0.1) is 0 Å². The largest absolute Gasteiger partial charge is 0.319 e. The molecule has 2 aliphatic rings. The van der Waals surface area contributed by atoms with Crippen molar-refractivity contribution in [3.05, 3.63) is 22.4 Å². The summed E-state index contributed by atoms with van der Waals surface area (Å²) in [6, 6.07) is 4.90. The van der Waals surface area contributed by atoms with Gasteiger partial charge in [0.05, 0.1) is 6.04 Å². The van der Waals surface area contributed by atoms with Crippen LogP contribution >= 0.6 is 11.3 Å². The van der Waals surface area contributed by atoms with Gasteiger partial charge in [0.25, 0.3) is 0 Å². The summed E-state index contributed by atoms with van der Waals surface area (Å²) in [5.41, 5.74) is 0. The first-order valence-electron chi connectivity index (χ1n) is 7.51. The van der Waals surface area contributed by atoms with Crippen LogP contribution in [0.25, 0.3) is 0 Å². The van der Waals surface area contributed by atoms with Crippen molar-refractivity contribution in [1.29, 1.82) is 0 Å². The summed E-state index contributed by atoms with van der Waals surface area (Å²) < 4.78 is 0. The van der Waals surface area contributed by atoms with Gasteiger partial charge in [-0.1, -0.05) is 13.0 Å². The number of hydrogen-bond donors (Lipinski definition) is 1. The maximum absolute atomic E-state index is 12.5. The Morgan fingerprint density at radius 1 is 1.50 bits per heavy atom. The minimum atomic E-state index is -0.0201. The van der Waals surface area contributed by atoms with Crippen molar-refractivity contribution in [2.45, 2.75) is 44.4 Å². The van der Waals surface area contributed by atoms with Gasteiger partial charge in [-0.3, -0.25) is 10.1 Å². The van der Waals surface area contributed by atoms with Crippen LogP contribution in [-0.4, -0.2) is 47.9 Å². The number of likely N-dealkylation sites (N-methyl/N-ethyl adjacent to an activating group) is 1. The third kappa shape index (κ3) is 2.75. The Balaban J connectivity index is 1.68. The number of carbonyl (C=O) groups is 1. The molecular weight excluding hydrogens is 270 g/mol. The molecule has 1 saturated carbocycles. The zero-order valence-corrected chi connectivity index (χ0v) is 13.0. The van der Waals surface area contributed by atoms with E-state index in [-0.39, 0.29) is 18.1 Å². The molecule has 1 aliphatic heterocycles. The lowest BCUT2D eigenvalue weighted by atomic mass is 10.2. The van der Waals surface area contributed by atoms with Crippen LogP contribution in [-0.2, 0) is 4.79 Å². The smallest absolute Gasteiger partial charge is 0.241 e. The van der Waals surface area contributed by atoms with E-state index in [4.69, 9.17) is 0 Å². The quantitative estimate of drug-likeness (QED) is 0.872. The SMILES string of the molecule is CCC1NC(c2cccs2)N(CCN(C)C2CC2)C1=O. The summed E-state index contributed by atoms with van der Waals surface area (Å²) in [7, 11) is 2.17. The summed E-state index contributed by atoms with van der Waals surface area (Å²) in [5, 5.41) is 5.56. The molecule has 5 heteroatoms. The highest BCUT2D eigenvalue weighted by Gasteiger charge is 2.39. The third-order valence-electron chi connectivity index (χ3n) is 4.34. The second kappa shape index (κ2) is 5.84. The van der Waals surface area contributed by atoms with E-state index in [1.54, 1.807) is 11.3 Å². The molecule has 3 rings (SSSR count). The number of nitrogens with zero attached hydrogens (tertiary/aromatic N) is 2. The van der Waals surface area contributed by atoms with Gasteiger partial charge in [-0.05, 0) is 37.8 Å². The number of nitrogens with one attached hydrogen (secondary N) is 1. The minimum Gasteiger partial charge on any atom is -0.319 e. The van der Waals surface area contributed by atoms with E-state index in [2.05, 4.69) is 41.7 Å². The first-order chi connectivity index (χ1) is 9.70. The number of rotatable bonds is 6. The summed E-state index contributed by atoms with van der Waals surface area (Å²) in [6.07, 6.45) is 3.55. The van der Waals surface area contributed by atoms with Crippen LogP contribution in [0.15, 0.2) is 17.5 Å². The average molecular weight is 293 g/mol. The maximum atomic E-state index is 12.5. The maximum Gasteiger partial charge on any atom is 0.241 e. The van der Waals surface area contributed by atoms with E-state index in [0.29, 0.717) is 0 Å². The molecule has 0 spiro atoms. The molecule has 1 aromatic heterocycles. The number of amides is 1. The lowest BCUT2D eigenvalue weighted by Gasteiger charge is -2.26. The lowest BCUT2D eigenvalue weighted by molar-refractivity contribution is -0.130. The fraction of sp³-hybridized carbons (Fsp3) is 0.667. The zero-order valence-electron chi connectivity index (χ0n) is 12.2. The molecule has 2 unspecified atom stereocenters. The van der Waals surface area contributed by atoms with Gasteiger partial charge in [-0.2, -0.15) is 0 Å². The van der Waals surface area contributed by atoms with Gasteiger partial charge in [0, 0.05) is 24.0 Å². The van der Waals surface area contributed by atoms with Crippen molar-refractivity contribution in [3.63, 3.8) is 0 Å². The van der Waals surface area contributed by atoms with Crippen LogP contribution in [0.4, 0.5) is 0 Å². The number of hydrogen-bond acceptors (Lipinski definition) is 4. The van der Waals surface area contributed by atoms with Crippen LogP contribution in [0.5, 0.6) is 0 Å². The monoisotopic (exact) mass is 293 g/mol. The van der Waals surface area contributed by atoms with E-state index in [1.165, 1.54) is 17.7 Å². The molecule has 0 aromatic carbocycles. The predicted octanol–water partition coefficient (Wildman–Crippen LogP) is 2.05. The van der Waals surface area contributed by atoms with Crippen LogP contribution in [0.3, 0.4) is 0 Å². The molecule has 2 fully saturated rings. The molecule has 1 aromatic rings. The fourth-order valence-electron chi connectivity index (χ4n) is 2.86. The van der Waals surface area contributed by atoms with Crippen LogP contribution < -0.4 is 5.32 Å². The van der Waals surface area contributed by atoms with Gasteiger partial charge in [-0.15, -0.1) is 11.3 Å². The van der Waals surface area contributed by atoms with E-state index in [9.17, 15) is 4.79 Å². The predicted molar refractivity (Wildman–Crippen MR) is 81.6 cm³/mol. The van der Waals surface area contributed by atoms with E-state index in [0.717, 1.165) is 25.6 Å². The average Bonchev–Trinajstić information content (AvgIpc) is 3.07. The Morgan fingerprint density at radius 3 is 2.90 bits per heavy atom. The van der Waals surface area contributed by atoms with E-state index >= 15 is 0 Å². The Hall–Kier alpha value is -0.910. The summed E-state index contributed by atoms with van der Waals surface area (Å²) in [4.78, 5) is 18.1. The molecule has 1 aliphatic carbocycles. The topological polar surface area (TPSA) is 35.6 Å². The molecular formula is C15H23N3OS. The van der Waals surface area contributed by atoms with Gasteiger partial charge in [0.1, 0.15) is 6.17 Å². The summed E-state index contributed by atoms with van der Waals surface area (Å²) in [6.45, 7) is 3.86. The molecule has 20 heavy (non-hydrogen) atoms. The van der Waals surface area contributed by atoms with Gasteiger partial charge in [0.15, 0.2) is 0 Å². The molecule has 0 radical (unpaired) electrons. The normalized spacial score (nSPS) is 26.8. The molecule has 2 heterocycles. The highest BCUT2D eigenvalue weighted by molar-refractivity contribution is 7.10. The standard InChI is InChI=1S/C15H23N3OS/c1-3-12-15(19)18(9-8-17(2)11-6-7-11)14(16-12)13-5-4-10-20-13/h4-5,10-12,14,16H,3,6-9H2,1-2H3. The van der Waals surface area contributed by atoms with Gasteiger partial charge < -0.3 is 9.80 Å². The van der Waals surface area contributed by atoms with Crippen LogP contribution in [0.2, 0.25) is 0 Å². The first kappa shape index (κ1) is 14.0. The number of thiophene rings is 1. The van der Waals surface area contributed by atoms with Crippen molar-refractivity contribution in [3.8, 4) is 0 Å². The summed E-state index contributed by atoms with van der Waals surface area (Å²) in [5.74, 6) is 0.259. The molecule has 0 bridgehead atoms. The molecule has 1 N–H and O–H groups in total. The van der Waals surface area contributed by atoms with Crippen molar-refractivity contribution in [2.24, 2.45) is 0 Å². The van der Waals surface area contributed by atoms with E-state index < -0.39 is 0 Å². The molecule has 1 saturated heterocycles. The Morgan fingerprint density at radius 2 is 2.30 bits per heavy atom. The second-order valence-electron chi connectivity index (χ2n) is 5.79. The van der Waals surface area contributed by atoms with Crippen molar-refractivity contribution in [2.75, 3.05) is 20.1 Å². The lowest BCUT2D eigenvalue weighted by Crippen LogP contribution is -2.37. The number of carbonyl (C=O) groups excluding carboxylic acids is 1. The van der Waals surface area contributed by atoms with Gasteiger partial charge in [-0.25, -0.2) is 0 Å². The Bertz CT molecular complexity index is 458. The third-order valence-corrected chi connectivity index (χ3v) is 5.26. The molecule has 1 amide bonds. The fourth-order valence-corrected chi connectivity index (χ4v) is 3.65. The van der Waals surface area contributed by atoms with E-state index in [1.807, 2.05) is 4.90 Å².